The largest absolute Gasteiger partial charge is 0.492 e. The molecule has 1 N–H and O–H groups in total. The van der Waals surface area contributed by atoms with E-state index in [4.69, 9.17) is 4.74 Å². The monoisotopic (exact) mass is 314 g/mol. The third kappa shape index (κ3) is 4.38. The summed E-state index contributed by atoms with van der Waals surface area (Å²) < 4.78 is 5.67. The average molecular weight is 314 g/mol. The van der Waals surface area contributed by atoms with Gasteiger partial charge in [-0.15, -0.1) is 0 Å². The Hall–Kier alpha value is -2.70. The number of aromatic nitrogens is 3. The fourth-order valence-corrected chi connectivity index (χ4v) is 2.30. The summed E-state index contributed by atoms with van der Waals surface area (Å²) >= 11 is 0. The molecule has 0 amide bonds. The van der Waals surface area contributed by atoms with Crippen molar-refractivity contribution in [1.82, 2.24) is 15.2 Å². The van der Waals surface area contributed by atoms with Crippen molar-refractivity contribution >= 4 is 11.7 Å². The molecule has 7 heteroatoms. The summed E-state index contributed by atoms with van der Waals surface area (Å²) in [5.74, 6) is 0.502. The molecule has 0 atom stereocenters. The molecule has 1 aliphatic rings. The van der Waals surface area contributed by atoms with E-state index in [1.807, 2.05) is 18.2 Å². The van der Waals surface area contributed by atoms with Crippen LogP contribution in [0.4, 0.5) is 0 Å². The van der Waals surface area contributed by atoms with Crippen LogP contribution < -0.4 is 4.74 Å². The minimum Gasteiger partial charge on any atom is -0.492 e. The molecule has 1 aliphatic heterocycles. The predicted molar refractivity (Wildman–Crippen MR) is 83.9 cm³/mol. The number of ether oxygens (including phenoxy) is 1. The second-order valence-electron chi connectivity index (χ2n) is 5.31. The molecule has 0 aliphatic carbocycles. The van der Waals surface area contributed by atoms with Gasteiger partial charge in [-0.1, -0.05) is 5.16 Å². The van der Waals surface area contributed by atoms with Gasteiger partial charge < -0.3 is 9.57 Å². The van der Waals surface area contributed by atoms with Gasteiger partial charge in [0.05, 0.1) is 36.3 Å². The number of unbranched alkanes of at least 4 members (excludes halogenated alkanes) is 2. The van der Waals surface area contributed by atoms with E-state index in [0.717, 1.165) is 48.5 Å². The first kappa shape index (κ1) is 15.2. The zero-order valence-corrected chi connectivity index (χ0v) is 12.7. The molecular formula is C16H18N4O3. The number of hydrogen-bond acceptors (Lipinski definition) is 6. The third-order valence-corrected chi connectivity index (χ3v) is 3.52. The van der Waals surface area contributed by atoms with Gasteiger partial charge in [-0.2, -0.15) is 5.10 Å². The van der Waals surface area contributed by atoms with Gasteiger partial charge in [0.15, 0.2) is 0 Å². The van der Waals surface area contributed by atoms with Crippen LogP contribution in [-0.2, 0) is 9.63 Å². The molecule has 2 aromatic rings. The molecule has 7 nitrogen and oxygen atoms in total. The van der Waals surface area contributed by atoms with Crippen LogP contribution in [0.1, 0.15) is 32.1 Å². The minimum absolute atomic E-state index is 0.255. The van der Waals surface area contributed by atoms with E-state index in [-0.39, 0.29) is 5.97 Å². The van der Waals surface area contributed by atoms with Crippen molar-refractivity contribution in [1.29, 1.82) is 0 Å². The van der Waals surface area contributed by atoms with Gasteiger partial charge in [0, 0.05) is 6.20 Å². The summed E-state index contributed by atoms with van der Waals surface area (Å²) in [4.78, 5) is 19.8. The fraction of sp³-hybridized carbons (Fsp3) is 0.375. The van der Waals surface area contributed by atoms with Gasteiger partial charge in [0.1, 0.15) is 5.75 Å². The Balaban J connectivity index is 1.32. The number of aromatic amines is 1. The molecule has 0 saturated heterocycles. The van der Waals surface area contributed by atoms with Gasteiger partial charge in [0.2, 0.25) is 0 Å². The Morgan fingerprint density at radius 2 is 2.17 bits per heavy atom. The van der Waals surface area contributed by atoms with Gasteiger partial charge in [-0.05, 0) is 43.9 Å². The Kier molecular flexibility index (Phi) is 4.98. The fourth-order valence-electron chi connectivity index (χ4n) is 2.30. The maximum atomic E-state index is 10.9. The molecule has 23 heavy (non-hydrogen) atoms. The number of carbonyl (C=O) groups excluding carboxylic acids is 1. The van der Waals surface area contributed by atoms with Crippen molar-refractivity contribution in [3.05, 3.63) is 30.6 Å². The van der Waals surface area contributed by atoms with Crippen molar-refractivity contribution in [3.8, 4) is 17.1 Å². The number of H-pyrrole nitrogens is 1. The zero-order chi connectivity index (χ0) is 15.9. The van der Waals surface area contributed by atoms with Crippen molar-refractivity contribution in [2.75, 3.05) is 6.61 Å². The number of oxime groups is 1. The summed E-state index contributed by atoms with van der Waals surface area (Å²) in [6.07, 6.45) is 7.51. The smallest absolute Gasteiger partial charge is 0.340 e. The molecule has 120 valence electrons. The standard InChI is InChI=1S/C16H18N4O3/c21-16-10-12(20-23-16)4-2-1-3-9-22-13-5-6-14(17-11-13)15-7-8-18-19-15/h5-8,11H,1-4,9-10H2,(H,18,19). The summed E-state index contributed by atoms with van der Waals surface area (Å²) in [7, 11) is 0. The maximum Gasteiger partial charge on any atom is 0.340 e. The number of nitrogens with zero attached hydrogens (tertiary/aromatic N) is 3. The SMILES string of the molecule is O=C1CC(CCCCCOc2ccc(-c3ccn[nH]3)nc2)=NO1. The Morgan fingerprint density at radius 3 is 2.87 bits per heavy atom. The zero-order valence-electron chi connectivity index (χ0n) is 12.7. The second kappa shape index (κ2) is 7.53. The second-order valence-corrected chi connectivity index (χ2v) is 5.31. The Bertz CT molecular complexity index is 665. The van der Waals surface area contributed by atoms with Crippen LogP contribution in [0, 0.1) is 0 Å². The van der Waals surface area contributed by atoms with E-state index >= 15 is 0 Å². The minimum atomic E-state index is -0.255. The summed E-state index contributed by atoms with van der Waals surface area (Å²) in [5.41, 5.74) is 2.56. The van der Waals surface area contributed by atoms with Gasteiger partial charge in [0.25, 0.3) is 0 Å². The first-order chi connectivity index (χ1) is 11.3. The molecular weight excluding hydrogens is 296 g/mol. The van der Waals surface area contributed by atoms with Crippen LogP contribution >= 0.6 is 0 Å². The first-order valence-electron chi connectivity index (χ1n) is 7.65. The van der Waals surface area contributed by atoms with Crippen LogP contribution in [0.5, 0.6) is 5.75 Å². The highest BCUT2D eigenvalue weighted by atomic mass is 16.7. The molecule has 0 bridgehead atoms. The number of rotatable bonds is 8. The van der Waals surface area contributed by atoms with Crippen LogP contribution in [0.15, 0.2) is 35.7 Å². The van der Waals surface area contributed by atoms with Crippen LogP contribution in [-0.4, -0.2) is 33.5 Å². The molecule has 2 aromatic heterocycles. The third-order valence-electron chi connectivity index (χ3n) is 3.52. The van der Waals surface area contributed by atoms with E-state index in [1.165, 1.54) is 0 Å². The van der Waals surface area contributed by atoms with Gasteiger partial charge >= 0.3 is 5.97 Å². The number of hydrogen-bond donors (Lipinski definition) is 1. The highest BCUT2D eigenvalue weighted by Gasteiger charge is 2.16. The van der Waals surface area contributed by atoms with Gasteiger partial charge in [-0.25, -0.2) is 4.79 Å². The molecule has 0 unspecified atom stereocenters. The number of pyridine rings is 1. The van der Waals surface area contributed by atoms with E-state index in [2.05, 4.69) is 25.2 Å². The van der Waals surface area contributed by atoms with Crippen molar-refractivity contribution < 1.29 is 14.4 Å². The van der Waals surface area contributed by atoms with E-state index < -0.39 is 0 Å². The highest BCUT2D eigenvalue weighted by molar-refractivity contribution is 6.01. The molecule has 0 radical (unpaired) electrons. The Morgan fingerprint density at radius 1 is 1.22 bits per heavy atom. The quantitative estimate of drug-likeness (QED) is 0.597. The molecule has 0 spiro atoms. The maximum absolute atomic E-state index is 10.9. The van der Waals surface area contributed by atoms with Crippen molar-refractivity contribution in [3.63, 3.8) is 0 Å². The lowest BCUT2D eigenvalue weighted by atomic mass is 10.1. The predicted octanol–water partition coefficient (Wildman–Crippen LogP) is 2.71. The van der Waals surface area contributed by atoms with Crippen LogP contribution in [0.2, 0.25) is 0 Å². The lowest BCUT2D eigenvalue weighted by molar-refractivity contribution is -0.140. The van der Waals surface area contributed by atoms with E-state index in [1.54, 1.807) is 12.4 Å². The lowest BCUT2D eigenvalue weighted by Crippen LogP contribution is -2.00. The number of nitrogens with one attached hydrogen (secondary N) is 1. The first-order valence-corrected chi connectivity index (χ1v) is 7.65. The van der Waals surface area contributed by atoms with E-state index in [0.29, 0.717) is 13.0 Å². The lowest BCUT2D eigenvalue weighted by Gasteiger charge is -2.06. The molecule has 0 fully saturated rings. The summed E-state index contributed by atoms with van der Waals surface area (Å²) in [6.45, 7) is 0.646. The molecule has 3 heterocycles. The van der Waals surface area contributed by atoms with Crippen LogP contribution in [0.3, 0.4) is 0 Å². The van der Waals surface area contributed by atoms with Gasteiger partial charge in [-0.3, -0.25) is 10.1 Å². The van der Waals surface area contributed by atoms with E-state index in [9.17, 15) is 4.79 Å². The normalized spacial score (nSPS) is 13.7. The number of carbonyl (C=O) groups is 1. The summed E-state index contributed by atoms with van der Waals surface area (Å²) in [5, 5.41) is 10.5. The van der Waals surface area contributed by atoms with Crippen molar-refractivity contribution in [2.45, 2.75) is 32.1 Å². The highest BCUT2D eigenvalue weighted by Crippen LogP contribution is 2.17. The Labute approximate surface area is 133 Å². The average Bonchev–Trinajstić information content (AvgIpc) is 3.23. The molecule has 0 saturated carbocycles. The topological polar surface area (TPSA) is 89.5 Å². The summed E-state index contributed by atoms with van der Waals surface area (Å²) in [6, 6.07) is 5.67. The molecule has 3 rings (SSSR count). The van der Waals surface area contributed by atoms with Crippen molar-refractivity contribution in [2.24, 2.45) is 5.16 Å². The molecule has 0 aromatic carbocycles. The van der Waals surface area contributed by atoms with Crippen LogP contribution in [0.25, 0.3) is 11.4 Å².